The molecule has 0 saturated heterocycles. The molecule has 0 saturated carbocycles. The molecule has 0 atom stereocenters. The normalized spacial score (nSPS) is 10.5. The summed E-state index contributed by atoms with van der Waals surface area (Å²) in [5, 5.41) is 10.5. The van der Waals surface area contributed by atoms with Crippen LogP contribution in [0.1, 0.15) is 32.9 Å². The number of aromatic nitrogens is 5. The zero-order valence-corrected chi connectivity index (χ0v) is 18.4. The van der Waals surface area contributed by atoms with Gasteiger partial charge in [-0.2, -0.15) is 5.10 Å². The fraction of sp³-hybridized carbons (Fsp3) is 0.227. The van der Waals surface area contributed by atoms with Gasteiger partial charge in [0.25, 0.3) is 5.91 Å². The van der Waals surface area contributed by atoms with Gasteiger partial charge in [-0.25, -0.2) is 19.5 Å². The van der Waals surface area contributed by atoms with E-state index >= 15 is 0 Å². The Morgan fingerprint density at radius 1 is 1.10 bits per heavy atom. The van der Waals surface area contributed by atoms with Gasteiger partial charge >= 0.3 is 0 Å². The lowest BCUT2D eigenvalue weighted by Gasteiger charge is -2.08. The smallest absolute Gasteiger partial charge is 0.254 e. The number of amides is 1. The molecule has 0 aliphatic carbocycles. The first-order chi connectivity index (χ1) is 14.5. The molecule has 4 aromatic rings. The number of rotatable bonds is 6. The van der Waals surface area contributed by atoms with Gasteiger partial charge in [0.1, 0.15) is 5.82 Å². The molecule has 0 aliphatic heterocycles. The number of nitrogens with zero attached hydrogens (tertiary/aromatic N) is 5. The highest BCUT2D eigenvalue weighted by Crippen LogP contribution is 2.16. The second-order valence-corrected chi connectivity index (χ2v) is 7.19. The average molecular weight is 438 g/mol. The molecule has 9 heteroatoms. The number of nitrogens with one attached hydrogen (secondary N) is 2. The maximum Gasteiger partial charge on any atom is 0.254 e. The Balaban J connectivity index is 0.00000272. The molecule has 4 aromatic heterocycles. The van der Waals surface area contributed by atoms with Gasteiger partial charge in [-0.1, -0.05) is 6.07 Å². The quantitative estimate of drug-likeness (QED) is 0.478. The van der Waals surface area contributed by atoms with E-state index in [2.05, 4.69) is 30.7 Å². The van der Waals surface area contributed by atoms with Gasteiger partial charge in [0.2, 0.25) is 5.95 Å². The molecule has 8 nitrogen and oxygen atoms in total. The third-order valence-corrected chi connectivity index (χ3v) is 4.76. The lowest BCUT2D eigenvalue weighted by Crippen LogP contribution is -2.26. The van der Waals surface area contributed by atoms with Crippen LogP contribution in [-0.4, -0.2) is 37.0 Å². The van der Waals surface area contributed by atoms with Crippen LogP contribution in [0.5, 0.6) is 0 Å². The fourth-order valence-corrected chi connectivity index (χ4v) is 3.41. The van der Waals surface area contributed by atoms with Crippen molar-refractivity contribution in [3.8, 4) is 0 Å². The Kier molecular flexibility index (Phi) is 6.81. The van der Waals surface area contributed by atoms with Gasteiger partial charge in [-0.3, -0.25) is 4.79 Å². The van der Waals surface area contributed by atoms with E-state index in [-0.39, 0.29) is 18.3 Å². The van der Waals surface area contributed by atoms with Crippen LogP contribution < -0.4 is 10.6 Å². The molecule has 0 unspecified atom stereocenters. The monoisotopic (exact) mass is 437 g/mol. The molecule has 4 rings (SSSR count). The summed E-state index contributed by atoms with van der Waals surface area (Å²) in [6, 6.07) is 9.87. The molecule has 0 aromatic carbocycles. The first-order valence-electron chi connectivity index (χ1n) is 9.75. The summed E-state index contributed by atoms with van der Waals surface area (Å²) in [5.74, 6) is 0.861. The highest BCUT2D eigenvalue weighted by molar-refractivity contribution is 5.93. The zero-order valence-electron chi connectivity index (χ0n) is 17.6. The van der Waals surface area contributed by atoms with Crippen LogP contribution >= 0.6 is 12.4 Å². The van der Waals surface area contributed by atoms with Gasteiger partial charge in [0, 0.05) is 36.4 Å². The van der Waals surface area contributed by atoms with E-state index in [0.717, 1.165) is 28.0 Å². The second kappa shape index (κ2) is 9.53. The van der Waals surface area contributed by atoms with Crippen LogP contribution in [0.4, 0.5) is 11.8 Å². The maximum atomic E-state index is 12.4. The molecule has 0 radical (unpaired) electrons. The number of pyridine rings is 2. The molecule has 31 heavy (non-hydrogen) atoms. The minimum atomic E-state index is -0.208. The van der Waals surface area contributed by atoms with Crippen LogP contribution in [0, 0.1) is 20.8 Å². The summed E-state index contributed by atoms with van der Waals surface area (Å²) < 4.78 is 1.86. The van der Waals surface area contributed by atoms with E-state index in [1.165, 1.54) is 12.4 Å². The van der Waals surface area contributed by atoms with Crippen LogP contribution in [-0.2, 0) is 6.42 Å². The van der Waals surface area contributed by atoms with Gasteiger partial charge in [-0.05, 0) is 57.0 Å². The van der Waals surface area contributed by atoms with E-state index < -0.39 is 0 Å². The van der Waals surface area contributed by atoms with Gasteiger partial charge < -0.3 is 10.6 Å². The minimum absolute atomic E-state index is 0. The number of carbonyl (C=O) groups is 1. The molecule has 0 spiro atoms. The van der Waals surface area contributed by atoms with Crippen molar-refractivity contribution in [3.05, 3.63) is 77.0 Å². The second-order valence-electron chi connectivity index (χ2n) is 7.19. The van der Waals surface area contributed by atoms with Crippen LogP contribution in [0.3, 0.4) is 0 Å². The van der Waals surface area contributed by atoms with E-state index in [4.69, 9.17) is 0 Å². The highest BCUT2D eigenvalue weighted by Gasteiger charge is 2.11. The van der Waals surface area contributed by atoms with Gasteiger partial charge in [0.05, 0.1) is 16.8 Å². The first-order valence-corrected chi connectivity index (χ1v) is 9.75. The summed E-state index contributed by atoms with van der Waals surface area (Å²) in [6.07, 6.45) is 5.64. The number of carbonyl (C=O) groups excluding carboxylic acids is 1. The zero-order chi connectivity index (χ0) is 21.1. The summed E-state index contributed by atoms with van der Waals surface area (Å²) in [7, 11) is 0. The third kappa shape index (κ3) is 5.16. The van der Waals surface area contributed by atoms with E-state index in [0.29, 0.717) is 30.3 Å². The van der Waals surface area contributed by atoms with Crippen molar-refractivity contribution in [1.82, 2.24) is 29.9 Å². The van der Waals surface area contributed by atoms with Crippen molar-refractivity contribution < 1.29 is 4.79 Å². The topological polar surface area (TPSA) is 97.1 Å². The summed E-state index contributed by atoms with van der Waals surface area (Å²) in [5.41, 5.74) is 5.58. The predicted molar refractivity (Wildman–Crippen MR) is 122 cm³/mol. The average Bonchev–Trinajstić information content (AvgIpc) is 3.03. The number of halogens is 1. The Morgan fingerprint density at radius 2 is 1.87 bits per heavy atom. The van der Waals surface area contributed by atoms with Crippen molar-refractivity contribution >= 4 is 35.6 Å². The first kappa shape index (κ1) is 22.2. The van der Waals surface area contributed by atoms with E-state index in [1.54, 1.807) is 0 Å². The van der Waals surface area contributed by atoms with Crippen molar-refractivity contribution in [1.29, 1.82) is 0 Å². The Morgan fingerprint density at radius 3 is 2.61 bits per heavy atom. The molecular weight excluding hydrogens is 414 g/mol. The predicted octanol–water partition coefficient (Wildman–Crippen LogP) is 3.58. The summed E-state index contributed by atoms with van der Waals surface area (Å²) in [6.45, 7) is 6.42. The van der Waals surface area contributed by atoms with Gasteiger partial charge in [0.15, 0.2) is 0 Å². The number of fused-ring (bicyclic) bond motifs is 1. The SMILES string of the molecule is Cc1cc(C)nc(Nc2ncc(C(=O)NCCc3c(C)nn4ccccc34)cn2)c1.Cl. The van der Waals surface area contributed by atoms with Crippen molar-refractivity contribution in [3.63, 3.8) is 0 Å². The van der Waals surface area contributed by atoms with Crippen LogP contribution in [0.15, 0.2) is 48.9 Å². The van der Waals surface area contributed by atoms with Crippen molar-refractivity contribution in [2.75, 3.05) is 11.9 Å². The Hall–Kier alpha value is -3.52. The Bertz CT molecular complexity index is 1180. The standard InChI is InChI=1S/C22H23N7O.ClH/c1-14-10-15(2)26-20(11-14)27-22-24-12-17(13-25-22)21(30)23-8-7-18-16(3)28-29-9-5-4-6-19(18)29;/h4-6,9-13H,7-8H2,1-3H3,(H,23,30)(H,24,25,26,27);1H. The van der Waals surface area contributed by atoms with E-state index in [1.807, 2.05) is 61.8 Å². The van der Waals surface area contributed by atoms with Gasteiger partial charge in [-0.15, -0.1) is 12.4 Å². The van der Waals surface area contributed by atoms with Crippen molar-refractivity contribution in [2.45, 2.75) is 27.2 Å². The molecule has 0 aliphatic rings. The van der Waals surface area contributed by atoms with Crippen LogP contribution in [0.2, 0.25) is 0 Å². The highest BCUT2D eigenvalue weighted by atomic mass is 35.5. The minimum Gasteiger partial charge on any atom is -0.352 e. The number of anilines is 2. The number of hydrogen-bond donors (Lipinski definition) is 2. The van der Waals surface area contributed by atoms with Crippen molar-refractivity contribution in [2.24, 2.45) is 0 Å². The summed E-state index contributed by atoms with van der Waals surface area (Å²) in [4.78, 5) is 25.3. The number of hydrogen-bond acceptors (Lipinski definition) is 6. The molecule has 1 amide bonds. The lowest BCUT2D eigenvalue weighted by atomic mass is 10.1. The molecule has 2 N–H and O–H groups in total. The Labute approximate surface area is 186 Å². The molecular formula is C22H24ClN7O. The maximum absolute atomic E-state index is 12.4. The molecule has 160 valence electrons. The summed E-state index contributed by atoms with van der Waals surface area (Å²) >= 11 is 0. The molecule has 0 fully saturated rings. The molecule has 0 bridgehead atoms. The molecule has 4 heterocycles. The largest absolute Gasteiger partial charge is 0.352 e. The fourth-order valence-electron chi connectivity index (χ4n) is 3.41. The van der Waals surface area contributed by atoms with E-state index in [9.17, 15) is 4.79 Å². The number of aryl methyl sites for hydroxylation is 3. The third-order valence-electron chi connectivity index (χ3n) is 4.76. The van der Waals surface area contributed by atoms with Crippen LogP contribution in [0.25, 0.3) is 5.52 Å². The lowest BCUT2D eigenvalue weighted by molar-refractivity contribution is 0.0953.